The molecule has 0 amide bonds. The molecule has 1 radical (unpaired) electrons. The van der Waals surface area contributed by atoms with Gasteiger partial charge in [-0.2, -0.15) is 22.0 Å². The van der Waals surface area contributed by atoms with E-state index in [1.165, 1.54) is 6.07 Å². The first-order valence-electron chi connectivity index (χ1n) is 4.28. The van der Waals surface area contributed by atoms with E-state index in [0.717, 1.165) is 12.1 Å². The second-order valence-corrected chi connectivity index (χ2v) is 3.01. The van der Waals surface area contributed by atoms with E-state index in [1.54, 1.807) is 6.07 Å². The zero-order chi connectivity index (χ0) is 12.4. The van der Waals surface area contributed by atoms with Crippen molar-refractivity contribution in [2.24, 2.45) is 0 Å². The topological polar surface area (TPSA) is 9.23 Å². The predicted molar refractivity (Wildman–Crippen MR) is 47.1 cm³/mol. The summed E-state index contributed by atoms with van der Waals surface area (Å²) in [4.78, 5) is 0. The second kappa shape index (κ2) is 4.27. The first kappa shape index (κ1) is 12.7. The number of halogens is 5. The molecule has 0 aliphatic rings. The molecule has 16 heavy (non-hydrogen) atoms. The third-order valence-corrected chi connectivity index (χ3v) is 1.76. The van der Waals surface area contributed by atoms with E-state index < -0.39 is 18.0 Å². The molecule has 0 atom stereocenters. The molecule has 1 rings (SSSR count). The van der Waals surface area contributed by atoms with Crippen molar-refractivity contribution in [3.8, 4) is 5.75 Å². The molecule has 1 aromatic carbocycles. The molecule has 6 heteroatoms. The zero-order valence-electron chi connectivity index (χ0n) is 8.02. The average Bonchev–Trinajstić information content (AvgIpc) is 2.15. The van der Waals surface area contributed by atoms with Gasteiger partial charge in [-0.3, -0.25) is 0 Å². The molecule has 0 aromatic heterocycles. The van der Waals surface area contributed by atoms with Crippen LogP contribution in [0.25, 0.3) is 0 Å². The molecule has 0 unspecified atom stereocenters. The summed E-state index contributed by atoms with van der Waals surface area (Å²) >= 11 is 0. The normalized spacial score (nSPS) is 12.6. The summed E-state index contributed by atoms with van der Waals surface area (Å²) in [7, 11) is 0. The largest absolute Gasteiger partial charge is 0.499 e. The number of hydrogen-bond acceptors (Lipinski definition) is 1. The van der Waals surface area contributed by atoms with Gasteiger partial charge in [0.15, 0.2) is 0 Å². The summed E-state index contributed by atoms with van der Waals surface area (Å²) in [6.45, 7) is 3.48. The molecule has 0 saturated carbocycles. The van der Waals surface area contributed by atoms with Crippen LogP contribution in [-0.2, 0) is 6.42 Å². The van der Waals surface area contributed by atoms with Crippen LogP contribution in [0.2, 0.25) is 0 Å². The summed E-state index contributed by atoms with van der Waals surface area (Å²) in [5, 5.41) is 0. The van der Waals surface area contributed by atoms with Gasteiger partial charge in [0, 0.05) is 0 Å². The molecule has 0 N–H and O–H groups in total. The lowest BCUT2D eigenvalue weighted by Crippen LogP contribution is -2.41. The number of rotatable bonds is 3. The molecular formula is C10H8F5O. The first-order chi connectivity index (χ1) is 7.26. The van der Waals surface area contributed by atoms with Crippen LogP contribution in [0, 0.1) is 6.92 Å². The Morgan fingerprint density at radius 1 is 1.12 bits per heavy atom. The van der Waals surface area contributed by atoms with Gasteiger partial charge in [-0.05, 0) is 31.0 Å². The highest BCUT2D eigenvalue weighted by atomic mass is 19.4. The van der Waals surface area contributed by atoms with Crippen LogP contribution in [0.3, 0.4) is 0 Å². The third kappa shape index (κ3) is 2.84. The Morgan fingerprint density at radius 3 is 2.25 bits per heavy atom. The van der Waals surface area contributed by atoms with E-state index in [0.29, 0.717) is 5.56 Å². The van der Waals surface area contributed by atoms with Crippen LogP contribution in [0.15, 0.2) is 24.3 Å². The maximum absolute atomic E-state index is 12.5. The van der Waals surface area contributed by atoms with Crippen LogP contribution in [-0.4, -0.2) is 12.3 Å². The quantitative estimate of drug-likeness (QED) is 0.732. The highest BCUT2D eigenvalue weighted by Gasteiger charge is 2.61. The van der Waals surface area contributed by atoms with Crippen molar-refractivity contribution in [3.05, 3.63) is 36.8 Å². The molecule has 1 aromatic rings. The lowest BCUT2D eigenvalue weighted by Gasteiger charge is -2.20. The van der Waals surface area contributed by atoms with Gasteiger partial charge < -0.3 is 4.74 Å². The molecular weight excluding hydrogens is 231 g/mol. The highest BCUT2D eigenvalue weighted by molar-refractivity contribution is 5.29. The molecule has 1 nitrogen and oxygen atoms in total. The van der Waals surface area contributed by atoms with E-state index in [4.69, 9.17) is 0 Å². The van der Waals surface area contributed by atoms with Crippen LogP contribution in [0.5, 0.6) is 5.75 Å². The Morgan fingerprint density at radius 2 is 1.75 bits per heavy atom. The van der Waals surface area contributed by atoms with Gasteiger partial charge in [0.1, 0.15) is 5.75 Å². The van der Waals surface area contributed by atoms with Crippen molar-refractivity contribution in [1.82, 2.24) is 0 Å². The summed E-state index contributed by atoms with van der Waals surface area (Å²) < 4.78 is 64.0. The molecule has 0 heterocycles. The molecule has 0 aliphatic carbocycles. The van der Waals surface area contributed by atoms with Crippen molar-refractivity contribution in [3.63, 3.8) is 0 Å². The lowest BCUT2D eigenvalue weighted by atomic mass is 10.2. The molecule has 0 fully saturated rings. The average molecular weight is 239 g/mol. The molecule has 0 saturated heterocycles. The van der Waals surface area contributed by atoms with E-state index in [2.05, 4.69) is 11.7 Å². The van der Waals surface area contributed by atoms with Crippen LogP contribution in [0.1, 0.15) is 5.56 Å². The van der Waals surface area contributed by atoms with Crippen LogP contribution >= 0.6 is 0 Å². The Balaban J connectivity index is 2.88. The maximum Gasteiger partial charge on any atom is 0.499 e. The van der Waals surface area contributed by atoms with Crippen LogP contribution in [0.4, 0.5) is 22.0 Å². The van der Waals surface area contributed by atoms with E-state index in [-0.39, 0.29) is 6.42 Å². The molecule has 89 valence electrons. The number of benzene rings is 1. The predicted octanol–water partition coefficient (Wildman–Crippen LogP) is 3.60. The monoisotopic (exact) mass is 239 g/mol. The van der Waals surface area contributed by atoms with Crippen molar-refractivity contribution in [1.29, 1.82) is 0 Å². The highest BCUT2D eigenvalue weighted by Crippen LogP contribution is 2.37. The maximum atomic E-state index is 12.5. The van der Waals surface area contributed by atoms with Gasteiger partial charge >= 0.3 is 12.3 Å². The fourth-order valence-corrected chi connectivity index (χ4v) is 0.970. The van der Waals surface area contributed by atoms with Crippen LogP contribution < -0.4 is 4.74 Å². The Bertz CT molecular complexity index is 358. The summed E-state index contributed by atoms with van der Waals surface area (Å²) in [6, 6.07) is 4.99. The molecule has 0 bridgehead atoms. The van der Waals surface area contributed by atoms with Gasteiger partial charge in [-0.25, -0.2) is 0 Å². The van der Waals surface area contributed by atoms with E-state index in [9.17, 15) is 22.0 Å². The van der Waals surface area contributed by atoms with Gasteiger partial charge in [0.05, 0.1) is 0 Å². The fourth-order valence-electron chi connectivity index (χ4n) is 0.970. The second-order valence-electron chi connectivity index (χ2n) is 3.01. The standard InChI is InChI=1S/C10H8F5O/c1-2-7-4-3-5-8(6-7)16-10(14,15)9(11,12)13/h3-6H,1-2H2. The minimum absolute atomic E-state index is 0.273. The fraction of sp³-hybridized carbons (Fsp3) is 0.300. The minimum Gasteiger partial charge on any atom is -0.426 e. The lowest BCUT2D eigenvalue weighted by molar-refractivity contribution is -0.360. The van der Waals surface area contributed by atoms with Gasteiger partial charge in [0.2, 0.25) is 0 Å². The van der Waals surface area contributed by atoms with Crippen molar-refractivity contribution >= 4 is 0 Å². The van der Waals surface area contributed by atoms with Crippen molar-refractivity contribution in [2.75, 3.05) is 0 Å². The smallest absolute Gasteiger partial charge is 0.426 e. The molecule has 0 spiro atoms. The summed E-state index contributed by atoms with van der Waals surface area (Å²) in [5.74, 6) is -0.538. The number of ether oxygens (including phenoxy) is 1. The van der Waals surface area contributed by atoms with Gasteiger partial charge in [-0.1, -0.05) is 12.1 Å². The Kier molecular flexibility index (Phi) is 3.40. The molecule has 0 aliphatic heterocycles. The first-order valence-corrected chi connectivity index (χ1v) is 4.28. The summed E-state index contributed by atoms with van der Waals surface area (Å²) in [6.07, 6.45) is -10.6. The Labute approximate surface area is 88.8 Å². The van der Waals surface area contributed by atoms with E-state index >= 15 is 0 Å². The Hall–Kier alpha value is -1.33. The number of hydrogen-bond donors (Lipinski definition) is 0. The minimum atomic E-state index is -5.73. The number of alkyl halides is 5. The van der Waals surface area contributed by atoms with Gasteiger partial charge in [-0.15, -0.1) is 0 Å². The summed E-state index contributed by atoms with van der Waals surface area (Å²) in [5.41, 5.74) is 0.510. The van der Waals surface area contributed by atoms with Crippen molar-refractivity contribution < 1.29 is 26.7 Å². The third-order valence-electron chi connectivity index (χ3n) is 1.76. The zero-order valence-corrected chi connectivity index (χ0v) is 8.02. The SMILES string of the molecule is [CH2]Cc1cccc(OC(F)(F)C(F)(F)F)c1. The van der Waals surface area contributed by atoms with E-state index in [1.807, 2.05) is 0 Å². The van der Waals surface area contributed by atoms with Gasteiger partial charge in [0.25, 0.3) is 0 Å². The van der Waals surface area contributed by atoms with Crippen molar-refractivity contribution in [2.45, 2.75) is 18.7 Å².